The Hall–Kier alpha value is -1.06. The maximum Gasteiger partial charge on any atom is 0.191 e. The highest BCUT2D eigenvalue weighted by Crippen LogP contribution is 2.28. The molecule has 1 aromatic rings. The number of aliphatic imine (C=N–C) groups is 1. The summed E-state index contributed by atoms with van der Waals surface area (Å²) >= 11 is 0. The first-order valence-electron chi connectivity index (χ1n) is 10.6. The average Bonchev–Trinajstić information content (AvgIpc) is 3.49. The van der Waals surface area contributed by atoms with Crippen LogP contribution in [0, 0.1) is 12.8 Å². The summed E-state index contributed by atoms with van der Waals surface area (Å²) in [5, 5.41) is 16.5. The van der Waals surface area contributed by atoms with Gasteiger partial charge in [-0.25, -0.2) is 4.99 Å². The number of rotatable bonds is 12. The Morgan fingerprint density at radius 3 is 2.69 bits per heavy atom. The van der Waals surface area contributed by atoms with E-state index in [1.54, 1.807) is 0 Å². The number of halogens is 1. The standard InChI is InChI=1S/C22H37N3O3.HI/c1-5-17(4)28-21-11-16(3)7-10-19(21)12-24-22(23-6-2)25-13-20(26)15-27-14-18-8-9-18;/h7,10-11,17-18,20,26H,5-6,8-9,12-15H2,1-4H3,(H2,23,24,25);1H. The molecule has 2 unspecified atom stereocenters. The topological polar surface area (TPSA) is 75.1 Å². The number of nitrogens with zero attached hydrogens (tertiary/aromatic N) is 1. The number of benzene rings is 1. The Kier molecular flexibility index (Phi) is 12.6. The predicted octanol–water partition coefficient (Wildman–Crippen LogP) is 3.63. The van der Waals surface area contributed by atoms with Gasteiger partial charge >= 0.3 is 0 Å². The third kappa shape index (κ3) is 10.5. The monoisotopic (exact) mass is 519 g/mol. The van der Waals surface area contributed by atoms with E-state index >= 15 is 0 Å². The predicted molar refractivity (Wildman–Crippen MR) is 129 cm³/mol. The van der Waals surface area contributed by atoms with Crippen molar-refractivity contribution in [2.45, 2.75) is 65.7 Å². The molecule has 0 spiro atoms. The fraction of sp³-hybridized carbons (Fsp3) is 0.682. The average molecular weight is 519 g/mol. The lowest BCUT2D eigenvalue weighted by atomic mass is 10.1. The molecule has 1 aromatic carbocycles. The van der Waals surface area contributed by atoms with E-state index in [0.717, 1.165) is 30.9 Å². The number of aliphatic hydroxyl groups is 1. The summed E-state index contributed by atoms with van der Waals surface area (Å²) in [4.78, 5) is 4.66. The van der Waals surface area contributed by atoms with Gasteiger partial charge in [0.25, 0.3) is 0 Å². The van der Waals surface area contributed by atoms with Gasteiger partial charge in [0.15, 0.2) is 5.96 Å². The number of hydrogen-bond donors (Lipinski definition) is 3. The largest absolute Gasteiger partial charge is 0.490 e. The third-order valence-corrected chi connectivity index (χ3v) is 4.74. The van der Waals surface area contributed by atoms with Gasteiger partial charge in [-0.05, 0) is 57.6 Å². The molecule has 0 amide bonds. The molecule has 166 valence electrons. The van der Waals surface area contributed by atoms with Crippen LogP contribution in [0.15, 0.2) is 23.2 Å². The minimum Gasteiger partial charge on any atom is -0.490 e. The van der Waals surface area contributed by atoms with Gasteiger partial charge in [0.2, 0.25) is 0 Å². The third-order valence-electron chi connectivity index (χ3n) is 4.74. The minimum atomic E-state index is -0.550. The quantitative estimate of drug-likeness (QED) is 0.224. The van der Waals surface area contributed by atoms with Gasteiger partial charge in [-0.2, -0.15) is 0 Å². The number of aryl methyl sites for hydroxylation is 1. The van der Waals surface area contributed by atoms with Crippen LogP contribution in [-0.4, -0.2) is 49.6 Å². The van der Waals surface area contributed by atoms with E-state index in [1.807, 2.05) is 6.92 Å². The molecule has 0 bridgehead atoms. The van der Waals surface area contributed by atoms with Crippen molar-refractivity contribution in [2.75, 3.05) is 26.3 Å². The van der Waals surface area contributed by atoms with Crippen LogP contribution >= 0.6 is 24.0 Å². The summed E-state index contributed by atoms with van der Waals surface area (Å²) in [7, 11) is 0. The lowest BCUT2D eigenvalue weighted by Gasteiger charge is -2.17. The van der Waals surface area contributed by atoms with Crippen LogP contribution in [0.5, 0.6) is 5.75 Å². The molecule has 29 heavy (non-hydrogen) atoms. The smallest absolute Gasteiger partial charge is 0.191 e. The molecular formula is C22H38IN3O3. The molecule has 1 aliphatic rings. The second kappa shape index (κ2) is 14.0. The zero-order valence-corrected chi connectivity index (χ0v) is 20.6. The molecule has 0 radical (unpaired) electrons. The van der Waals surface area contributed by atoms with Crippen molar-refractivity contribution >= 4 is 29.9 Å². The van der Waals surface area contributed by atoms with Gasteiger partial charge in [-0.15, -0.1) is 24.0 Å². The van der Waals surface area contributed by atoms with Crippen LogP contribution in [0.3, 0.4) is 0 Å². The Bertz CT molecular complexity index is 623. The molecule has 1 aliphatic carbocycles. The maximum atomic E-state index is 10.1. The Morgan fingerprint density at radius 1 is 1.28 bits per heavy atom. The molecule has 0 heterocycles. The Balaban J connectivity index is 0.00000420. The summed E-state index contributed by atoms with van der Waals surface area (Å²) in [6.07, 6.45) is 3.09. The van der Waals surface area contributed by atoms with Crippen LogP contribution in [0.2, 0.25) is 0 Å². The molecule has 2 rings (SSSR count). The molecule has 0 aromatic heterocycles. The molecule has 0 saturated heterocycles. The molecule has 1 fully saturated rings. The van der Waals surface area contributed by atoms with E-state index in [4.69, 9.17) is 9.47 Å². The lowest BCUT2D eigenvalue weighted by Crippen LogP contribution is -2.42. The molecular weight excluding hydrogens is 481 g/mol. The summed E-state index contributed by atoms with van der Waals surface area (Å²) in [5.41, 5.74) is 2.22. The van der Waals surface area contributed by atoms with Crippen molar-refractivity contribution in [3.05, 3.63) is 29.3 Å². The van der Waals surface area contributed by atoms with Crippen molar-refractivity contribution in [1.82, 2.24) is 10.6 Å². The summed E-state index contributed by atoms with van der Waals surface area (Å²) in [5.74, 6) is 2.28. The van der Waals surface area contributed by atoms with E-state index in [-0.39, 0.29) is 30.1 Å². The number of nitrogens with one attached hydrogen (secondary N) is 2. The maximum absolute atomic E-state index is 10.1. The zero-order valence-electron chi connectivity index (χ0n) is 18.2. The SMILES string of the molecule is CCNC(=NCc1ccc(C)cc1OC(C)CC)NCC(O)COCC1CC1.I. The molecule has 6 nitrogen and oxygen atoms in total. The zero-order chi connectivity index (χ0) is 20.4. The summed E-state index contributed by atoms with van der Waals surface area (Å²) in [6.45, 7) is 11.1. The van der Waals surface area contributed by atoms with Crippen LogP contribution in [0.4, 0.5) is 0 Å². The van der Waals surface area contributed by atoms with Gasteiger partial charge in [-0.3, -0.25) is 0 Å². The first-order chi connectivity index (χ1) is 13.5. The van der Waals surface area contributed by atoms with Crippen molar-refractivity contribution in [3.63, 3.8) is 0 Å². The van der Waals surface area contributed by atoms with Gasteiger partial charge in [-0.1, -0.05) is 19.1 Å². The number of hydrogen-bond acceptors (Lipinski definition) is 4. The normalized spacial score (nSPS) is 16.0. The van der Waals surface area contributed by atoms with Gasteiger partial charge in [0, 0.05) is 25.3 Å². The highest BCUT2D eigenvalue weighted by Gasteiger charge is 2.21. The molecule has 3 N–H and O–H groups in total. The first kappa shape index (κ1) is 26.0. The van der Waals surface area contributed by atoms with Crippen molar-refractivity contribution < 1.29 is 14.6 Å². The van der Waals surface area contributed by atoms with Crippen LogP contribution in [0.25, 0.3) is 0 Å². The second-order valence-electron chi connectivity index (χ2n) is 7.66. The van der Waals surface area contributed by atoms with E-state index in [2.05, 4.69) is 54.6 Å². The van der Waals surface area contributed by atoms with Gasteiger partial charge in [0.05, 0.1) is 25.4 Å². The van der Waals surface area contributed by atoms with E-state index in [0.29, 0.717) is 31.6 Å². The van der Waals surface area contributed by atoms with Crippen LogP contribution in [-0.2, 0) is 11.3 Å². The molecule has 2 atom stereocenters. The number of guanidine groups is 1. The van der Waals surface area contributed by atoms with Gasteiger partial charge < -0.3 is 25.2 Å². The highest BCUT2D eigenvalue weighted by molar-refractivity contribution is 14.0. The minimum absolute atomic E-state index is 0. The van der Waals surface area contributed by atoms with E-state index in [1.165, 1.54) is 18.4 Å². The van der Waals surface area contributed by atoms with Crippen LogP contribution in [0.1, 0.15) is 51.2 Å². The van der Waals surface area contributed by atoms with E-state index in [9.17, 15) is 5.11 Å². The molecule has 7 heteroatoms. The van der Waals surface area contributed by atoms with Crippen molar-refractivity contribution in [2.24, 2.45) is 10.9 Å². The van der Waals surface area contributed by atoms with Crippen molar-refractivity contribution in [1.29, 1.82) is 0 Å². The Morgan fingerprint density at radius 2 is 2.03 bits per heavy atom. The van der Waals surface area contributed by atoms with E-state index < -0.39 is 6.10 Å². The Labute approximate surface area is 192 Å². The van der Waals surface area contributed by atoms with Gasteiger partial charge in [0.1, 0.15) is 5.75 Å². The lowest BCUT2D eigenvalue weighted by molar-refractivity contribution is 0.0345. The fourth-order valence-corrected chi connectivity index (χ4v) is 2.64. The number of aliphatic hydroxyl groups excluding tert-OH is 1. The molecule has 0 aliphatic heterocycles. The highest BCUT2D eigenvalue weighted by atomic mass is 127. The first-order valence-corrected chi connectivity index (χ1v) is 10.6. The fourth-order valence-electron chi connectivity index (χ4n) is 2.64. The van der Waals surface area contributed by atoms with Crippen molar-refractivity contribution in [3.8, 4) is 5.75 Å². The van der Waals surface area contributed by atoms with Crippen LogP contribution < -0.4 is 15.4 Å². The number of ether oxygens (including phenoxy) is 2. The molecule has 1 saturated carbocycles. The summed E-state index contributed by atoms with van der Waals surface area (Å²) in [6, 6.07) is 6.22. The second-order valence-corrected chi connectivity index (χ2v) is 7.66. The summed E-state index contributed by atoms with van der Waals surface area (Å²) < 4.78 is 11.6.